The van der Waals surface area contributed by atoms with E-state index in [1.165, 1.54) is 0 Å². The van der Waals surface area contributed by atoms with E-state index in [0.717, 1.165) is 31.6 Å². The van der Waals surface area contributed by atoms with E-state index in [1.807, 2.05) is 11.8 Å². The van der Waals surface area contributed by atoms with E-state index in [0.29, 0.717) is 17.3 Å². The maximum absolute atomic E-state index is 12.1. The summed E-state index contributed by atoms with van der Waals surface area (Å²) in [5, 5.41) is 6.83. The van der Waals surface area contributed by atoms with Crippen molar-refractivity contribution in [2.75, 3.05) is 18.8 Å². The molecule has 0 bridgehead atoms. The van der Waals surface area contributed by atoms with E-state index in [1.54, 1.807) is 0 Å². The maximum atomic E-state index is 12.1. The number of anilines is 1. The fourth-order valence-electron chi connectivity index (χ4n) is 2.09. The fraction of sp³-hybridized carbons (Fsp3) is 0.636. The van der Waals surface area contributed by atoms with Gasteiger partial charge in [-0.25, -0.2) is 0 Å². The van der Waals surface area contributed by atoms with Gasteiger partial charge in [-0.05, 0) is 18.8 Å². The molecule has 2 heterocycles. The van der Waals surface area contributed by atoms with E-state index in [2.05, 4.69) is 17.1 Å². The fourth-order valence-corrected chi connectivity index (χ4v) is 2.09. The number of hydrogen-bond acceptors (Lipinski definition) is 3. The van der Waals surface area contributed by atoms with Crippen LogP contribution < -0.4 is 5.73 Å². The Morgan fingerprint density at radius 3 is 2.94 bits per heavy atom. The summed E-state index contributed by atoms with van der Waals surface area (Å²) in [7, 11) is 0. The van der Waals surface area contributed by atoms with Gasteiger partial charge in [0.2, 0.25) is 0 Å². The quantitative estimate of drug-likeness (QED) is 0.785. The molecule has 3 N–H and O–H groups in total. The van der Waals surface area contributed by atoms with Crippen molar-refractivity contribution in [1.82, 2.24) is 15.1 Å². The van der Waals surface area contributed by atoms with E-state index in [-0.39, 0.29) is 5.91 Å². The summed E-state index contributed by atoms with van der Waals surface area (Å²) in [6, 6.07) is 0. The lowest BCUT2D eigenvalue weighted by Crippen LogP contribution is -2.29. The molecule has 1 amide bonds. The van der Waals surface area contributed by atoms with E-state index in [9.17, 15) is 4.79 Å². The van der Waals surface area contributed by atoms with Crippen LogP contribution in [0.2, 0.25) is 0 Å². The summed E-state index contributed by atoms with van der Waals surface area (Å²) in [6.45, 7) is 5.76. The second-order valence-corrected chi connectivity index (χ2v) is 4.46. The Balaban J connectivity index is 2.17. The van der Waals surface area contributed by atoms with Crippen LogP contribution in [0.4, 0.5) is 5.69 Å². The Labute approximate surface area is 95.0 Å². The molecule has 1 saturated heterocycles. The third-order valence-electron chi connectivity index (χ3n) is 3.15. The lowest BCUT2D eigenvalue weighted by atomic mass is 10.2. The third-order valence-corrected chi connectivity index (χ3v) is 3.15. The Morgan fingerprint density at radius 2 is 2.44 bits per heavy atom. The molecule has 1 unspecified atom stereocenters. The van der Waals surface area contributed by atoms with E-state index in [4.69, 9.17) is 5.73 Å². The summed E-state index contributed by atoms with van der Waals surface area (Å²) in [5.74, 6) is 0.535. The summed E-state index contributed by atoms with van der Waals surface area (Å²) in [6.07, 6.45) is 1.83. The lowest BCUT2D eigenvalue weighted by molar-refractivity contribution is 0.0783. The molecule has 88 valence electrons. The van der Waals surface area contributed by atoms with E-state index >= 15 is 0 Å². The Bertz CT molecular complexity index is 399. The number of hydrogen-bond donors (Lipinski definition) is 2. The Hall–Kier alpha value is -1.52. The highest BCUT2D eigenvalue weighted by molar-refractivity contribution is 5.97. The molecular weight excluding hydrogens is 204 g/mol. The van der Waals surface area contributed by atoms with Crippen LogP contribution in [0.25, 0.3) is 0 Å². The number of aromatic nitrogens is 2. The predicted molar refractivity (Wildman–Crippen MR) is 62.1 cm³/mol. The summed E-state index contributed by atoms with van der Waals surface area (Å²) in [4.78, 5) is 13.9. The molecule has 1 aliphatic rings. The predicted octanol–water partition coefficient (Wildman–Crippen LogP) is 1.04. The highest BCUT2D eigenvalue weighted by Gasteiger charge is 2.27. The SMILES string of the molecule is CCc1[nH]nc(C(=O)N2CCC(C)C2)c1N. The highest BCUT2D eigenvalue weighted by atomic mass is 16.2. The van der Waals surface area contributed by atoms with Gasteiger partial charge in [0, 0.05) is 13.1 Å². The van der Waals surface area contributed by atoms with Gasteiger partial charge in [0.15, 0.2) is 5.69 Å². The number of nitrogens with one attached hydrogen (secondary N) is 1. The summed E-state index contributed by atoms with van der Waals surface area (Å²) >= 11 is 0. The Morgan fingerprint density at radius 1 is 1.69 bits per heavy atom. The van der Waals surface area contributed by atoms with Crippen LogP contribution >= 0.6 is 0 Å². The normalized spacial score (nSPS) is 20.4. The van der Waals surface area contributed by atoms with Crippen LogP contribution in [0.15, 0.2) is 0 Å². The second kappa shape index (κ2) is 4.15. The van der Waals surface area contributed by atoms with E-state index < -0.39 is 0 Å². The minimum atomic E-state index is -0.0437. The number of carbonyl (C=O) groups excluding carboxylic acids is 1. The first-order chi connectivity index (χ1) is 7.63. The molecule has 0 aliphatic carbocycles. The van der Waals surface area contributed by atoms with Crippen molar-refractivity contribution in [2.45, 2.75) is 26.7 Å². The van der Waals surface area contributed by atoms with Crippen LogP contribution in [0.1, 0.15) is 36.5 Å². The zero-order chi connectivity index (χ0) is 11.7. The second-order valence-electron chi connectivity index (χ2n) is 4.46. The zero-order valence-corrected chi connectivity index (χ0v) is 9.79. The van der Waals surface area contributed by atoms with Gasteiger partial charge in [-0.1, -0.05) is 13.8 Å². The smallest absolute Gasteiger partial charge is 0.276 e. The number of aromatic amines is 1. The van der Waals surface area contributed by atoms with Gasteiger partial charge in [-0.2, -0.15) is 5.10 Å². The van der Waals surface area contributed by atoms with Gasteiger partial charge in [0.25, 0.3) is 5.91 Å². The van der Waals surface area contributed by atoms with Crippen LogP contribution in [0.5, 0.6) is 0 Å². The number of nitrogens with two attached hydrogens (primary N) is 1. The number of rotatable bonds is 2. The van der Waals surface area contributed by atoms with Crippen molar-refractivity contribution in [3.63, 3.8) is 0 Å². The van der Waals surface area contributed by atoms with Gasteiger partial charge < -0.3 is 10.6 Å². The molecule has 1 aromatic heterocycles. The lowest BCUT2D eigenvalue weighted by Gasteiger charge is -2.14. The van der Waals surface area contributed by atoms with Crippen molar-refractivity contribution in [2.24, 2.45) is 5.92 Å². The van der Waals surface area contributed by atoms with Crippen molar-refractivity contribution in [1.29, 1.82) is 0 Å². The maximum Gasteiger partial charge on any atom is 0.276 e. The number of amides is 1. The summed E-state index contributed by atoms with van der Waals surface area (Å²) in [5.41, 5.74) is 7.61. The number of nitrogens with zero attached hydrogens (tertiary/aromatic N) is 2. The first-order valence-corrected chi connectivity index (χ1v) is 5.75. The van der Waals surface area contributed by atoms with Crippen molar-refractivity contribution < 1.29 is 4.79 Å². The first kappa shape index (κ1) is 11.0. The van der Waals surface area contributed by atoms with Gasteiger partial charge in [-0.15, -0.1) is 0 Å². The standard InChI is InChI=1S/C11H18N4O/c1-3-8-9(12)10(14-13-8)11(16)15-5-4-7(2)6-15/h7H,3-6,12H2,1-2H3,(H,13,14). The molecular formula is C11H18N4O. The number of nitrogen functional groups attached to an aromatic ring is 1. The average Bonchev–Trinajstić information content (AvgIpc) is 2.84. The molecule has 1 aliphatic heterocycles. The molecule has 5 heteroatoms. The molecule has 5 nitrogen and oxygen atoms in total. The van der Waals surface area contributed by atoms with Gasteiger partial charge in [0.1, 0.15) is 0 Å². The number of likely N-dealkylation sites (tertiary alicyclic amines) is 1. The van der Waals surface area contributed by atoms with Crippen LogP contribution in [0, 0.1) is 5.92 Å². The third kappa shape index (κ3) is 1.77. The monoisotopic (exact) mass is 222 g/mol. The van der Waals surface area contributed by atoms with Crippen LogP contribution in [-0.2, 0) is 6.42 Å². The first-order valence-electron chi connectivity index (χ1n) is 5.75. The van der Waals surface area contributed by atoms with Gasteiger partial charge in [0.05, 0.1) is 11.4 Å². The molecule has 1 fully saturated rings. The van der Waals surface area contributed by atoms with Crippen LogP contribution in [-0.4, -0.2) is 34.1 Å². The molecule has 2 rings (SSSR count). The number of aryl methyl sites for hydroxylation is 1. The molecule has 0 radical (unpaired) electrons. The number of carbonyl (C=O) groups is 1. The van der Waals surface area contributed by atoms with Crippen molar-refractivity contribution in [3.8, 4) is 0 Å². The van der Waals surface area contributed by atoms with Gasteiger partial charge in [-0.3, -0.25) is 9.89 Å². The molecule has 0 spiro atoms. The largest absolute Gasteiger partial charge is 0.395 e. The highest BCUT2D eigenvalue weighted by Crippen LogP contribution is 2.21. The van der Waals surface area contributed by atoms with Gasteiger partial charge >= 0.3 is 0 Å². The average molecular weight is 222 g/mol. The van der Waals surface area contributed by atoms with Crippen LogP contribution in [0.3, 0.4) is 0 Å². The summed E-state index contributed by atoms with van der Waals surface area (Å²) < 4.78 is 0. The Kier molecular flexibility index (Phi) is 2.85. The topological polar surface area (TPSA) is 75.0 Å². The molecule has 0 aromatic carbocycles. The molecule has 1 aromatic rings. The molecule has 16 heavy (non-hydrogen) atoms. The molecule has 0 saturated carbocycles. The van der Waals surface area contributed by atoms with Crippen molar-refractivity contribution in [3.05, 3.63) is 11.4 Å². The minimum absolute atomic E-state index is 0.0437. The number of H-pyrrole nitrogens is 1. The van der Waals surface area contributed by atoms with Crippen molar-refractivity contribution >= 4 is 11.6 Å². The minimum Gasteiger partial charge on any atom is -0.395 e. The zero-order valence-electron chi connectivity index (χ0n) is 9.79. The molecule has 1 atom stereocenters.